The fourth-order valence-electron chi connectivity index (χ4n) is 5.32. The summed E-state index contributed by atoms with van der Waals surface area (Å²) in [5.74, 6) is 1.79. The number of carbonyl (C=O) groups is 1. The molecule has 1 unspecified atom stereocenters. The Morgan fingerprint density at radius 3 is 2.49 bits per heavy atom. The van der Waals surface area contributed by atoms with Crippen LogP contribution < -0.4 is 4.74 Å². The van der Waals surface area contributed by atoms with Crippen LogP contribution in [0.3, 0.4) is 0 Å². The largest absolute Gasteiger partial charge is 0.616 e. The molecule has 0 radical (unpaired) electrons. The first-order chi connectivity index (χ1) is 20.0. The molecule has 0 saturated heterocycles. The Kier molecular flexibility index (Phi) is 11.8. The average Bonchev–Trinajstić information content (AvgIpc) is 3.17. The monoisotopic (exact) mass is 573 g/mol. The molecule has 218 valence electrons. The van der Waals surface area contributed by atoms with Crippen molar-refractivity contribution in [2.45, 2.75) is 58.3 Å². The molecule has 1 aliphatic carbocycles. The van der Waals surface area contributed by atoms with Gasteiger partial charge in [-0.05, 0) is 114 Å². The number of fused-ring (bicyclic) bond motifs is 1. The van der Waals surface area contributed by atoms with Crippen molar-refractivity contribution < 1.29 is 19.2 Å². The molecule has 4 rings (SSSR count). The van der Waals surface area contributed by atoms with Gasteiger partial charge in [0.25, 0.3) is 5.91 Å². The molecule has 0 aromatic heterocycles. The zero-order valence-corrected chi connectivity index (χ0v) is 25.3. The van der Waals surface area contributed by atoms with Crippen molar-refractivity contribution in [3.8, 4) is 11.5 Å². The Morgan fingerprint density at radius 2 is 1.73 bits per heavy atom. The van der Waals surface area contributed by atoms with Gasteiger partial charge >= 0.3 is 0 Å². The predicted molar refractivity (Wildman–Crippen MR) is 170 cm³/mol. The number of carbonyl (C=O) groups excluding carboxylic acids is 1. The van der Waals surface area contributed by atoms with Crippen molar-refractivity contribution in [1.82, 2.24) is 4.90 Å². The lowest BCUT2D eigenvalue weighted by molar-refractivity contribution is -0.127. The van der Waals surface area contributed by atoms with E-state index >= 15 is 0 Å². The highest BCUT2D eigenvalue weighted by Crippen LogP contribution is 2.41. The number of hydrogen-bond acceptors (Lipinski definition) is 4. The number of phenolic OH excluding ortho intramolecular Hbond substituents is 1. The molecule has 5 nitrogen and oxygen atoms in total. The van der Waals surface area contributed by atoms with E-state index in [9.17, 15) is 14.5 Å². The number of aryl methyl sites for hydroxylation is 1. The third-order valence-corrected chi connectivity index (χ3v) is 8.95. The number of phenols is 1. The van der Waals surface area contributed by atoms with Crippen LogP contribution in [0.1, 0.15) is 74.1 Å². The number of nitrogens with zero attached hydrogens (tertiary/aromatic N) is 1. The Balaban J connectivity index is 1.32. The number of hydrogen-bond donors (Lipinski definition) is 1. The van der Waals surface area contributed by atoms with Crippen LogP contribution in [0.4, 0.5) is 0 Å². The highest BCUT2D eigenvalue weighted by molar-refractivity contribution is 7.92. The molecule has 0 saturated carbocycles. The fraction of sp³-hybridized carbons (Fsp3) is 0.400. The molecule has 0 bridgehead atoms. The Hall–Kier alpha value is -3.22. The molecule has 0 aliphatic heterocycles. The van der Waals surface area contributed by atoms with Gasteiger partial charge in [0, 0.05) is 13.6 Å². The number of ether oxygens (including phenoxy) is 1. The summed E-state index contributed by atoms with van der Waals surface area (Å²) in [6.45, 7) is 3.43. The Bertz CT molecular complexity index is 1290. The number of rotatable bonds is 14. The van der Waals surface area contributed by atoms with Gasteiger partial charge in [0.15, 0.2) is 5.75 Å². The molecule has 1 N–H and O–H groups in total. The molecule has 0 spiro atoms. The van der Waals surface area contributed by atoms with Crippen LogP contribution in [-0.4, -0.2) is 52.2 Å². The Morgan fingerprint density at radius 1 is 0.951 bits per heavy atom. The van der Waals surface area contributed by atoms with Crippen molar-refractivity contribution in [3.63, 3.8) is 0 Å². The van der Waals surface area contributed by atoms with E-state index in [-0.39, 0.29) is 11.7 Å². The van der Waals surface area contributed by atoms with Gasteiger partial charge in [-0.3, -0.25) is 4.79 Å². The van der Waals surface area contributed by atoms with Crippen molar-refractivity contribution in [2.75, 3.05) is 31.7 Å². The second kappa shape index (κ2) is 15.7. The molecule has 41 heavy (non-hydrogen) atoms. The van der Waals surface area contributed by atoms with Crippen LogP contribution in [0.5, 0.6) is 11.5 Å². The van der Waals surface area contributed by atoms with Crippen LogP contribution in [0.15, 0.2) is 72.8 Å². The standard InChI is InChI=1S/C35H43NO4S/c1-3-4-22-36(2)34(38)26-41(39)24-10-6-9-23-40-31-19-16-28(17-20-31)35-32(27-12-7-5-8-13-27)15-11-14-29-25-30(37)18-21-33(29)35/h5,7-8,12-13,16-21,25,37H,3-4,6,9-11,14-15,22-24,26H2,1-2H3. The second-order valence-corrected chi connectivity index (χ2v) is 12.4. The lowest BCUT2D eigenvalue weighted by Gasteiger charge is -2.18. The van der Waals surface area contributed by atoms with Crippen molar-refractivity contribution >= 4 is 28.2 Å². The first-order valence-electron chi connectivity index (χ1n) is 14.9. The zero-order valence-electron chi connectivity index (χ0n) is 24.4. The smallest absolute Gasteiger partial charge is 0.272 e. The molecule has 3 aromatic carbocycles. The van der Waals surface area contributed by atoms with Crippen LogP contribution in [0.2, 0.25) is 0 Å². The van der Waals surface area contributed by atoms with Crippen molar-refractivity contribution in [3.05, 3.63) is 95.1 Å². The topological polar surface area (TPSA) is 72.8 Å². The van der Waals surface area contributed by atoms with E-state index in [0.717, 1.165) is 69.2 Å². The zero-order chi connectivity index (χ0) is 29.0. The minimum atomic E-state index is -1.11. The predicted octanol–water partition coefficient (Wildman–Crippen LogP) is 7.24. The third-order valence-electron chi connectivity index (χ3n) is 7.64. The number of amides is 1. The SMILES string of the molecule is CCCCN(C)C(=O)C[S+]([O-])CCCCCOc1ccc(C2=C(c3ccccc3)CCCc3cc(O)ccc32)cc1. The second-order valence-electron chi connectivity index (χ2n) is 10.8. The van der Waals surface area contributed by atoms with Gasteiger partial charge in [-0.25, -0.2) is 0 Å². The summed E-state index contributed by atoms with van der Waals surface area (Å²) in [4.78, 5) is 13.9. The third kappa shape index (κ3) is 8.88. The summed E-state index contributed by atoms with van der Waals surface area (Å²) in [7, 11) is 1.79. The molecular weight excluding hydrogens is 530 g/mol. The lowest BCUT2D eigenvalue weighted by atomic mass is 9.88. The van der Waals surface area contributed by atoms with Crippen LogP contribution >= 0.6 is 0 Å². The van der Waals surface area contributed by atoms with E-state index in [4.69, 9.17) is 4.74 Å². The van der Waals surface area contributed by atoms with E-state index in [2.05, 4.69) is 43.3 Å². The number of aromatic hydroxyl groups is 1. The maximum absolute atomic E-state index is 12.3. The highest BCUT2D eigenvalue weighted by atomic mass is 32.2. The minimum Gasteiger partial charge on any atom is -0.616 e. The van der Waals surface area contributed by atoms with Crippen LogP contribution in [0.25, 0.3) is 11.1 Å². The maximum Gasteiger partial charge on any atom is 0.272 e. The molecular formula is C35H43NO4S. The number of benzene rings is 3. The summed E-state index contributed by atoms with van der Waals surface area (Å²) in [5.41, 5.74) is 7.29. The van der Waals surface area contributed by atoms with Gasteiger partial charge in [0.2, 0.25) is 0 Å². The Labute approximate surface area is 248 Å². The fourth-order valence-corrected chi connectivity index (χ4v) is 6.49. The first kappa shape index (κ1) is 30.7. The van der Waals surface area contributed by atoms with Gasteiger partial charge in [-0.1, -0.05) is 61.9 Å². The summed E-state index contributed by atoms with van der Waals surface area (Å²) < 4.78 is 18.3. The van der Waals surface area contributed by atoms with E-state index < -0.39 is 11.2 Å². The molecule has 1 atom stereocenters. The highest BCUT2D eigenvalue weighted by Gasteiger charge is 2.21. The van der Waals surface area contributed by atoms with E-state index in [1.165, 1.54) is 27.8 Å². The van der Waals surface area contributed by atoms with E-state index in [1.54, 1.807) is 18.0 Å². The van der Waals surface area contributed by atoms with Crippen molar-refractivity contribution in [2.24, 2.45) is 0 Å². The average molecular weight is 574 g/mol. The molecule has 1 aliphatic rings. The summed E-state index contributed by atoms with van der Waals surface area (Å²) in [6, 6.07) is 24.6. The summed E-state index contributed by atoms with van der Waals surface area (Å²) in [5, 5.41) is 10.1. The molecule has 3 aromatic rings. The van der Waals surface area contributed by atoms with E-state index in [1.807, 2.05) is 30.3 Å². The quantitative estimate of drug-likeness (QED) is 0.163. The lowest BCUT2D eigenvalue weighted by Crippen LogP contribution is -2.34. The van der Waals surface area contributed by atoms with Gasteiger partial charge in [0.1, 0.15) is 17.3 Å². The van der Waals surface area contributed by atoms with E-state index in [0.29, 0.717) is 18.1 Å². The number of allylic oxidation sites excluding steroid dienone is 1. The van der Waals surface area contributed by atoms with Gasteiger partial charge in [-0.2, -0.15) is 0 Å². The first-order valence-corrected chi connectivity index (χ1v) is 16.4. The maximum atomic E-state index is 12.3. The minimum absolute atomic E-state index is 0.0271. The van der Waals surface area contributed by atoms with Crippen LogP contribution in [0, 0.1) is 0 Å². The number of unbranched alkanes of at least 4 members (excludes halogenated alkanes) is 3. The molecule has 1 amide bonds. The van der Waals surface area contributed by atoms with Gasteiger partial charge in [-0.15, -0.1) is 0 Å². The molecule has 0 fully saturated rings. The summed E-state index contributed by atoms with van der Waals surface area (Å²) in [6.07, 6.45) is 7.58. The summed E-state index contributed by atoms with van der Waals surface area (Å²) >= 11 is -1.11. The van der Waals surface area contributed by atoms with Gasteiger partial charge < -0.3 is 19.3 Å². The van der Waals surface area contributed by atoms with Gasteiger partial charge in [0.05, 0.1) is 6.61 Å². The molecule has 6 heteroatoms. The normalized spacial score (nSPS) is 13.8. The van der Waals surface area contributed by atoms with Crippen LogP contribution in [-0.2, 0) is 22.4 Å². The van der Waals surface area contributed by atoms with Crippen molar-refractivity contribution in [1.29, 1.82) is 0 Å². The molecule has 0 heterocycles.